The highest BCUT2D eigenvalue weighted by Crippen LogP contribution is 2.16. The Hall–Kier alpha value is -2.41. The molecule has 3 rings (SSSR count). The first kappa shape index (κ1) is 19.4. The molecular weight excluding hydrogens is 347 g/mol. The largest absolute Gasteiger partial charge is 0.376 e. The van der Waals surface area contributed by atoms with E-state index in [9.17, 15) is 9.18 Å². The molecule has 0 bridgehead atoms. The van der Waals surface area contributed by atoms with Crippen LogP contribution in [-0.4, -0.2) is 45.8 Å². The summed E-state index contributed by atoms with van der Waals surface area (Å²) in [5.74, 6) is 0.536. The summed E-state index contributed by atoms with van der Waals surface area (Å²) in [6.07, 6.45) is 5.68. The van der Waals surface area contributed by atoms with E-state index in [4.69, 9.17) is 4.74 Å². The van der Waals surface area contributed by atoms with Crippen LogP contribution >= 0.6 is 0 Å². The van der Waals surface area contributed by atoms with Crippen molar-refractivity contribution in [1.29, 1.82) is 0 Å². The van der Waals surface area contributed by atoms with E-state index >= 15 is 0 Å². The number of hydrogen-bond donors (Lipinski definition) is 1. The van der Waals surface area contributed by atoms with Gasteiger partial charge in [-0.2, -0.15) is 0 Å². The van der Waals surface area contributed by atoms with Gasteiger partial charge >= 0.3 is 6.03 Å². The number of hydrogen-bond acceptors (Lipinski definition) is 3. The third-order valence-corrected chi connectivity index (χ3v) is 4.55. The first-order valence-electron chi connectivity index (χ1n) is 9.43. The number of halogens is 1. The highest BCUT2D eigenvalue weighted by molar-refractivity contribution is 5.74. The van der Waals surface area contributed by atoms with Crippen LogP contribution in [0.25, 0.3) is 0 Å². The smallest absolute Gasteiger partial charge is 0.318 e. The van der Waals surface area contributed by atoms with Crippen LogP contribution in [0, 0.1) is 5.82 Å². The van der Waals surface area contributed by atoms with E-state index in [0.717, 1.165) is 30.8 Å². The number of ether oxygens (including phenoxy) is 1. The predicted octanol–water partition coefficient (Wildman–Crippen LogP) is 3.17. The lowest BCUT2D eigenvalue weighted by atomic mass is 10.2. The molecule has 0 saturated carbocycles. The van der Waals surface area contributed by atoms with Crippen LogP contribution in [-0.2, 0) is 17.8 Å². The number of imidazole rings is 1. The van der Waals surface area contributed by atoms with Crippen molar-refractivity contribution < 1.29 is 13.9 Å². The number of rotatable bonds is 7. The maximum absolute atomic E-state index is 13.1. The van der Waals surface area contributed by atoms with E-state index in [-0.39, 0.29) is 24.0 Å². The van der Waals surface area contributed by atoms with Crippen molar-refractivity contribution in [3.05, 3.63) is 53.9 Å². The first-order valence-corrected chi connectivity index (χ1v) is 9.43. The summed E-state index contributed by atoms with van der Waals surface area (Å²) < 4.78 is 20.8. The first-order chi connectivity index (χ1) is 13.0. The van der Waals surface area contributed by atoms with Gasteiger partial charge in [0.15, 0.2) is 0 Å². The van der Waals surface area contributed by atoms with Crippen LogP contribution in [0.5, 0.6) is 0 Å². The molecule has 7 heteroatoms. The lowest BCUT2D eigenvalue weighted by Gasteiger charge is -2.26. The molecule has 6 nitrogen and oxygen atoms in total. The van der Waals surface area contributed by atoms with Crippen molar-refractivity contribution in [3.63, 3.8) is 0 Å². The lowest BCUT2D eigenvalue weighted by molar-refractivity contribution is 0.0782. The predicted molar refractivity (Wildman–Crippen MR) is 101 cm³/mol. The number of carbonyl (C=O) groups is 1. The maximum atomic E-state index is 13.1. The average Bonchev–Trinajstić information content (AvgIpc) is 3.28. The van der Waals surface area contributed by atoms with Crippen molar-refractivity contribution in [2.45, 2.75) is 51.9 Å². The molecule has 1 aromatic carbocycles. The minimum atomic E-state index is -0.252. The normalized spacial score (nSPS) is 16.7. The summed E-state index contributed by atoms with van der Waals surface area (Å²) in [4.78, 5) is 18.9. The Morgan fingerprint density at radius 2 is 2.19 bits per heavy atom. The Labute approximate surface area is 159 Å². The van der Waals surface area contributed by atoms with Crippen molar-refractivity contribution in [2.75, 3.05) is 13.2 Å². The zero-order valence-electron chi connectivity index (χ0n) is 15.9. The Kier molecular flexibility index (Phi) is 6.45. The van der Waals surface area contributed by atoms with Crippen LogP contribution < -0.4 is 5.32 Å². The fourth-order valence-corrected chi connectivity index (χ4v) is 3.18. The second-order valence-electron chi connectivity index (χ2n) is 7.22. The molecule has 146 valence electrons. The Morgan fingerprint density at radius 1 is 1.41 bits per heavy atom. The van der Waals surface area contributed by atoms with Gasteiger partial charge in [0, 0.05) is 38.1 Å². The van der Waals surface area contributed by atoms with E-state index in [2.05, 4.69) is 10.3 Å². The van der Waals surface area contributed by atoms with Gasteiger partial charge in [0.05, 0.1) is 12.6 Å². The molecule has 1 unspecified atom stereocenters. The van der Waals surface area contributed by atoms with Gasteiger partial charge < -0.3 is 19.5 Å². The number of amides is 2. The molecule has 1 fully saturated rings. The van der Waals surface area contributed by atoms with Crippen LogP contribution in [0.15, 0.2) is 36.7 Å². The monoisotopic (exact) mass is 374 g/mol. The van der Waals surface area contributed by atoms with Crippen molar-refractivity contribution in [2.24, 2.45) is 0 Å². The van der Waals surface area contributed by atoms with Gasteiger partial charge in [-0.25, -0.2) is 14.2 Å². The number of urea groups is 1. The Bertz CT molecular complexity index is 739. The molecule has 2 heterocycles. The van der Waals surface area contributed by atoms with Gasteiger partial charge in [0.1, 0.15) is 11.6 Å². The number of benzene rings is 1. The van der Waals surface area contributed by atoms with Gasteiger partial charge in [-0.05, 0) is 44.4 Å². The molecule has 2 aromatic rings. The Morgan fingerprint density at radius 3 is 2.85 bits per heavy atom. The highest BCUT2D eigenvalue weighted by atomic mass is 19.1. The quantitative estimate of drug-likeness (QED) is 0.810. The van der Waals surface area contributed by atoms with Gasteiger partial charge in [0.2, 0.25) is 0 Å². The van der Waals surface area contributed by atoms with Crippen LogP contribution in [0.3, 0.4) is 0 Å². The second-order valence-corrected chi connectivity index (χ2v) is 7.22. The summed E-state index contributed by atoms with van der Waals surface area (Å²) in [5, 5.41) is 2.96. The van der Waals surface area contributed by atoms with E-state index in [1.54, 1.807) is 23.2 Å². The summed E-state index contributed by atoms with van der Waals surface area (Å²) in [7, 11) is 0. The summed E-state index contributed by atoms with van der Waals surface area (Å²) in [6, 6.07) is 6.36. The molecule has 1 aliphatic rings. The number of nitrogens with zero attached hydrogens (tertiary/aromatic N) is 3. The summed E-state index contributed by atoms with van der Waals surface area (Å²) in [5.41, 5.74) is 0.980. The van der Waals surface area contributed by atoms with Crippen LogP contribution in [0.4, 0.5) is 9.18 Å². The summed E-state index contributed by atoms with van der Waals surface area (Å²) in [6.45, 7) is 6.16. The van der Waals surface area contributed by atoms with Crippen molar-refractivity contribution in [1.82, 2.24) is 19.8 Å². The zero-order chi connectivity index (χ0) is 19.2. The fraction of sp³-hybridized carbons (Fsp3) is 0.500. The number of nitrogens with one attached hydrogen (secondary N) is 1. The van der Waals surface area contributed by atoms with E-state index in [0.29, 0.717) is 19.6 Å². The highest BCUT2D eigenvalue weighted by Gasteiger charge is 2.24. The SMILES string of the molecule is CC(C)NC(=O)N(Cc1nccn1Cc1ccc(F)cc1)CC1CCCO1. The molecule has 0 radical (unpaired) electrons. The topological polar surface area (TPSA) is 59.4 Å². The van der Waals surface area contributed by atoms with Gasteiger partial charge in [0.25, 0.3) is 0 Å². The minimum absolute atomic E-state index is 0.0588. The molecule has 1 atom stereocenters. The minimum Gasteiger partial charge on any atom is -0.376 e. The van der Waals surface area contributed by atoms with Crippen LogP contribution in [0.1, 0.15) is 38.1 Å². The zero-order valence-corrected chi connectivity index (χ0v) is 15.9. The maximum Gasteiger partial charge on any atom is 0.318 e. The fourth-order valence-electron chi connectivity index (χ4n) is 3.18. The molecule has 1 aromatic heterocycles. The molecule has 27 heavy (non-hydrogen) atoms. The van der Waals surface area contributed by atoms with Crippen molar-refractivity contribution >= 4 is 6.03 Å². The van der Waals surface area contributed by atoms with Gasteiger partial charge in [-0.15, -0.1) is 0 Å². The second kappa shape index (κ2) is 8.99. The average molecular weight is 374 g/mol. The lowest BCUT2D eigenvalue weighted by Crippen LogP contribution is -2.46. The molecule has 1 aliphatic heterocycles. The number of aromatic nitrogens is 2. The third kappa shape index (κ3) is 5.53. The Balaban J connectivity index is 1.71. The number of carbonyl (C=O) groups excluding carboxylic acids is 1. The van der Waals surface area contributed by atoms with Crippen molar-refractivity contribution in [3.8, 4) is 0 Å². The van der Waals surface area contributed by atoms with Gasteiger partial charge in [-0.1, -0.05) is 12.1 Å². The van der Waals surface area contributed by atoms with E-state index in [1.807, 2.05) is 24.6 Å². The molecule has 2 amide bonds. The summed E-state index contributed by atoms with van der Waals surface area (Å²) >= 11 is 0. The molecule has 0 spiro atoms. The molecular formula is C20H27FN4O2. The molecule has 1 saturated heterocycles. The molecule has 0 aliphatic carbocycles. The van der Waals surface area contributed by atoms with E-state index in [1.165, 1.54) is 12.1 Å². The van der Waals surface area contributed by atoms with Gasteiger partial charge in [-0.3, -0.25) is 0 Å². The third-order valence-electron chi connectivity index (χ3n) is 4.55. The standard InChI is InChI=1S/C20H27FN4O2/c1-15(2)23-20(26)25(13-18-4-3-11-27-18)14-19-22-9-10-24(19)12-16-5-7-17(21)8-6-16/h5-10,15,18H,3-4,11-14H2,1-2H3,(H,23,26). The van der Waals surface area contributed by atoms with Crippen LogP contribution in [0.2, 0.25) is 0 Å². The van der Waals surface area contributed by atoms with E-state index < -0.39 is 0 Å². The molecule has 1 N–H and O–H groups in total.